The SMILES string of the molecule is CCOC(=O)C1=C(CN(C)Cc2ccccc2OC)NC(=O)NC1c1ccccc1. The van der Waals surface area contributed by atoms with Crippen LogP contribution in [0, 0.1) is 0 Å². The molecule has 1 unspecified atom stereocenters. The van der Waals surface area contributed by atoms with Gasteiger partial charge in [0.25, 0.3) is 0 Å². The van der Waals surface area contributed by atoms with Crippen LogP contribution >= 0.6 is 0 Å². The normalized spacial score (nSPS) is 16.1. The van der Waals surface area contributed by atoms with Crippen LogP contribution in [-0.2, 0) is 16.1 Å². The lowest BCUT2D eigenvalue weighted by Crippen LogP contribution is -2.48. The Morgan fingerprint density at radius 2 is 1.77 bits per heavy atom. The van der Waals surface area contributed by atoms with Gasteiger partial charge in [-0.05, 0) is 25.6 Å². The molecular formula is C23H27N3O4. The van der Waals surface area contributed by atoms with Gasteiger partial charge in [-0.2, -0.15) is 0 Å². The number of para-hydroxylation sites is 1. The molecule has 0 radical (unpaired) electrons. The van der Waals surface area contributed by atoms with Gasteiger partial charge < -0.3 is 20.1 Å². The highest BCUT2D eigenvalue weighted by Gasteiger charge is 2.33. The molecule has 0 fully saturated rings. The highest BCUT2D eigenvalue weighted by molar-refractivity contribution is 5.95. The zero-order valence-corrected chi connectivity index (χ0v) is 17.5. The van der Waals surface area contributed by atoms with Crippen LogP contribution in [0.5, 0.6) is 5.75 Å². The zero-order chi connectivity index (χ0) is 21.5. The number of amides is 2. The van der Waals surface area contributed by atoms with E-state index in [-0.39, 0.29) is 12.6 Å². The number of ether oxygens (including phenoxy) is 2. The lowest BCUT2D eigenvalue weighted by molar-refractivity contribution is -0.139. The van der Waals surface area contributed by atoms with Crippen molar-refractivity contribution in [3.05, 3.63) is 77.0 Å². The van der Waals surface area contributed by atoms with Gasteiger partial charge in [-0.25, -0.2) is 9.59 Å². The van der Waals surface area contributed by atoms with Crippen molar-refractivity contribution < 1.29 is 19.1 Å². The summed E-state index contributed by atoms with van der Waals surface area (Å²) in [6, 6.07) is 16.2. The van der Waals surface area contributed by atoms with Gasteiger partial charge in [0, 0.05) is 24.4 Å². The van der Waals surface area contributed by atoms with E-state index in [4.69, 9.17) is 9.47 Å². The molecule has 30 heavy (non-hydrogen) atoms. The van der Waals surface area contributed by atoms with Crippen LogP contribution in [0.25, 0.3) is 0 Å². The Hall–Kier alpha value is -3.32. The molecular weight excluding hydrogens is 382 g/mol. The fraction of sp³-hybridized carbons (Fsp3) is 0.304. The smallest absolute Gasteiger partial charge is 0.338 e. The maximum atomic E-state index is 12.8. The average Bonchev–Trinajstić information content (AvgIpc) is 2.74. The topological polar surface area (TPSA) is 79.9 Å². The lowest BCUT2D eigenvalue weighted by atomic mass is 9.95. The molecule has 2 aromatic carbocycles. The third-order valence-corrected chi connectivity index (χ3v) is 4.84. The number of benzene rings is 2. The molecule has 2 N–H and O–H groups in total. The minimum absolute atomic E-state index is 0.252. The molecule has 0 spiro atoms. The Morgan fingerprint density at radius 3 is 2.47 bits per heavy atom. The van der Waals surface area contributed by atoms with Crippen molar-refractivity contribution in [3.63, 3.8) is 0 Å². The van der Waals surface area contributed by atoms with Crippen molar-refractivity contribution in [2.24, 2.45) is 0 Å². The predicted octanol–water partition coefficient (Wildman–Crippen LogP) is 3.00. The highest BCUT2D eigenvalue weighted by Crippen LogP contribution is 2.28. The van der Waals surface area contributed by atoms with E-state index in [1.165, 1.54) is 0 Å². The van der Waals surface area contributed by atoms with Crippen LogP contribution in [0.3, 0.4) is 0 Å². The monoisotopic (exact) mass is 409 g/mol. The van der Waals surface area contributed by atoms with Crippen molar-refractivity contribution in [3.8, 4) is 5.75 Å². The number of nitrogens with one attached hydrogen (secondary N) is 2. The average molecular weight is 409 g/mol. The minimum Gasteiger partial charge on any atom is -0.496 e. The molecule has 0 bridgehead atoms. The lowest BCUT2D eigenvalue weighted by Gasteiger charge is -2.31. The Labute approximate surface area is 176 Å². The van der Waals surface area contributed by atoms with E-state index >= 15 is 0 Å². The second-order valence-corrected chi connectivity index (χ2v) is 7.04. The number of carbonyl (C=O) groups excluding carboxylic acids is 2. The summed E-state index contributed by atoms with van der Waals surface area (Å²) in [5.41, 5.74) is 2.78. The van der Waals surface area contributed by atoms with Crippen LogP contribution < -0.4 is 15.4 Å². The van der Waals surface area contributed by atoms with Gasteiger partial charge in [0.1, 0.15) is 5.75 Å². The standard InChI is InChI=1S/C23H27N3O4/c1-4-30-22(27)20-18(15-26(2)14-17-12-8-9-13-19(17)29-3)24-23(28)25-21(20)16-10-6-5-7-11-16/h5-13,21H,4,14-15H2,1-3H3,(H2,24,25,28). The van der Waals surface area contributed by atoms with Gasteiger partial charge in [0.2, 0.25) is 0 Å². The third-order valence-electron chi connectivity index (χ3n) is 4.84. The quantitative estimate of drug-likeness (QED) is 0.655. The first-order chi connectivity index (χ1) is 14.5. The summed E-state index contributed by atoms with van der Waals surface area (Å²) in [5, 5.41) is 5.65. The number of hydrogen-bond donors (Lipinski definition) is 2. The maximum Gasteiger partial charge on any atom is 0.338 e. The molecule has 2 amide bonds. The second-order valence-electron chi connectivity index (χ2n) is 7.04. The number of hydrogen-bond acceptors (Lipinski definition) is 5. The van der Waals surface area contributed by atoms with Gasteiger partial charge in [-0.15, -0.1) is 0 Å². The second kappa shape index (κ2) is 9.93. The molecule has 7 heteroatoms. The van der Waals surface area contributed by atoms with Gasteiger partial charge in [0.05, 0.1) is 25.3 Å². The molecule has 3 rings (SSSR count). The summed E-state index contributed by atoms with van der Waals surface area (Å²) in [6.45, 7) is 2.96. The van der Waals surface area contributed by atoms with Crippen molar-refractivity contribution in [2.75, 3.05) is 27.3 Å². The Balaban J connectivity index is 1.92. The largest absolute Gasteiger partial charge is 0.496 e. The van der Waals surface area contributed by atoms with E-state index in [1.807, 2.05) is 66.5 Å². The maximum absolute atomic E-state index is 12.8. The van der Waals surface area contributed by atoms with Crippen LogP contribution in [0.15, 0.2) is 65.9 Å². The zero-order valence-electron chi connectivity index (χ0n) is 17.5. The molecule has 0 saturated heterocycles. The number of esters is 1. The molecule has 1 heterocycles. The molecule has 1 aliphatic heterocycles. The number of urea groups is 1. The summed E-state index contributed by atoms with van der Waals surface area (Å²) in [7, 11) is 3.56. The van der Waals surface area contributed by atoms with E-state index < -0.39 is 12.0 Å². The summed E-state index contributed by atoms with van der Waals surface area (Å²) >= 11 is 0. The minimum atomic E-state index is -0.575. The molecule has 0 aliphatic carbocycles. The first-order valence-corrected chi connectivity index (χ1v) is 9.86. The molecule has 158 valence electrons. The van der Waals surface area contributed by atoms with Gasteiger partial charge in [-0.3, -0.25) is 4.90 Å². The number of likely N-dealkylation sites (N-methyl/N-ethyl adjacent to an activating group) is 1. The summed E-state index contributed by atoms with van der Waals surface area (Å²) < 4.78 is 10.7. The van der Waals surface area contributed by atoms with E-state index in [1.54, 1.807) is 14.0 Å². The van der Waals surface area contributed by atoms with Crippen molar-refractivity contribution in [1.29, 1.82) is 0 Å². The van der Waals surface area contributed by atoms with Crippen LogP contribution in [0.2, 0.25) is 0 Å². The Bertz CT molecular complexity index is 927. The first-order valence-electron chi connectivity index (χ1n) is 9.86. The van der Waals surface area contributed by atoms with Gasteiger partial charge in [0.15, 0.2) is 0 Å². The van der Waals surface area contributed by atoms with Gasteiger partial charge >= 0.3 is 12.0 Å². The molecule has 1 aliphatic rings. The third kappa shape index (κ3) is 4.99. The van der Waals surface area contributed by atoms with E-state index in [0.717, 1.165) is 16.9 Å². The Morgan fingerprint density at radius 1 is 1.07 bits per heavy atom. The number of methoxy groups -OCH3 is 1. The fourth-order valence-corrected chi connectivity index (χ4v) is 3.54. The predicted molar refractivity (Wildman–Crippen MR) is 114 cm³/mol. The van der Waals surface area contributed by atoms with Crippen LogP contribution in [0.1, 0.15) is 24.1 Å². The Kier molecular flexibility index (Phi) is 7.08. The van der Waals surface area contributed by atoms with E-state index in [9.17, 15) is 9.59 Å². The molecule has 1 atom stereocenters. The number of carbonyl (C=O) groups is 2. The van der Waals surface area contributed by atoms with E-state index in [0.29, 0.717) is 24.4 Å². The number of rotatable bonds is 8. The molecule has 0 saturated carbocycles. The first kappa shape index (κ1) is 21.4. The van der Waals surface area contributed by atoms with Crippen LogP contribution in [-0.4, -0.2) is 44.2 Å². The summed E-state index contributed by atoms with van der Waals surface area (Å²) in [5.74, 6) is 0.347. The van der Waals surface area contributed by atoms with Crippen molar-refractivity contribution in [2.45, 2.75) is 19.5 Å². The van der Waals surface area contributed by atoms with Gasteiger partial charge in [-0.1, -0.05) is 48.5 Å². The fourth-order valence-electron chi connectivity index (χ4n) is 3.54. The summed E-state index contributed by atoms with van der Waals surface area (Å²) in [6.07, 6.45) is 0. The number of nitrogens with zero attached hydrogens (tertiary/aromatic N) is 1. The molecule has 0 aromatic heterocycles. The molecule has 2 aromatic rings. The van der Waals surface area contributed by atoms with Crippen LogP contribution in [0.4, 0.5) is 4.79 Å². The summed E-state index contributed by atoms with van der Waals surface area (Å²) in [4.78, 5) is 27.2. The molecule has 7 nitrogen and oxygen atoms in total. The highest BCUT2D eigenvalue weighted by atomic mass is 16.5. The van der Waals surface area contributed by atoms with Crippen molar-refractivity contribution in [1.82, 2.24) is 15.5 Å². The van der Waals surface area contributed by atoms with Crippen molar-refractivity contribution >= 4 is 12.0 Å². The van der Waals surface area contributed by atoms with E-state index in [2.05, 4.69) is 10.6 Å².